The summed E-state index contributed by atoms with van der Waals surface area (Å²) < 4.78 is 24.1. The number of unbranched alkanes of at least 4 members (excludes halogenated alkanes) is 1. The Morgan fingerprint density at radius 1 is 1.37 bits per heavy atom. The maximum Gasteiger partial charge on any atom is 0.131 e. The molecular weight excluding hydrogens is 249 g/mol. The van der Waals surface area contributed by atoms with Crippen LogP contribution in [-0.4, -0.2) is 31.0 Å². The van der Waals surface area contributed by atoms with Crippen LogP contribution in [0.1, 0.15) is 25.3 Å². The minimum Gasteiger partial charge on any atom is -0.490 e. The second-order valence-electron chi connectivity index (χ2n) is 4.31. The summed E-state index contributed by atoms with van der Waals surface area (Å²) in [6, 6.07) is 4.52. The topological polar surface area (TPSA) is 64.7 Å². The maximum atomic E-state index is 13.4. The summed E-state index contributed by atoms with van der Waals surface area (Å²) >= 11 is 0. The fraction of sp³-hybridized carbons (Fsp3) is 0.571. The summed E-state index contributed by atoms with van der Waals surface area (Å²) in [4.78, 5) is 0. The number of ether oxygens (including phenoxy) is 2. The molecule has 5 heteroatoms. The Kier molecular flexibility index (Phi) is 7.40. The van der Waals surface area contributed by atoms with E-state index in [0.29, 0.717) is 17.9 Å². The first-order valence-corrected chi connectivity index (χ1v) is 6.55. The van der Waals surface area contributed by atoms with E-state index in [1.807, 2.05) is 0 Å². The molecule has 19 heavy (non-hydrogen) atoms. The van der Waals surface area contributed by atoms with Crippen LogP contribution in [0.2, 0.25) is 0 Å². The minimum atomic E-state index is -0.731. The van der Waals surface area contributed by atoms with Crippen LogP contribution in [0.3, 0.4) is 0 Å². The van der Waals surface area contributed by atoms with Gasteiger partial charge in [-0.05, 0) is 18.6 Å². The summed E-state index contributed by atoms with van der Waals surface area (Å²) in [5, 5.41) is 9.67. The smallest absolute Gasteiger partial charge is 0.131 e. The van der Waals surface area contributed by atoms with Crippen LogP contribution >= 0.6 is 0 Å². The lowest BCUT2D eigenvalue weighted by Gasteiger charge is -2.15. The van der Waals surface area contributed by atoms with Gasteiger partial charge in [-0.2, -0.15) is 0 Å². The molecule has 1 unspecified atom stereocenters. The van der Waals surface area contributed by atoms with E-state index in [0.717, 1.165) is 12.8 Å². The number of rotatable bonds is 9. The van der Waals surface area contributed by atoms with Crippen molar-refractivity contribution in [2.75, 3.05) is 19.8 Å². The van der Waals surface area contributed by atoms with Gasteiger partial charge >= 0.3 is 0 Å². The van der Waals surface area contributed by atoms with Crippen LogP contribution in [-0.2, 0) is 11.3 Å². The highest BCUT2D eigenvalue weighted by molar-refractivity contribution is 5.34. The molecule has 0 fully saturated rings. The van der Waals surface area contributed by atoms with Gasteiger partial charge in [-0.1, -0.05) is 19.4 Å². The molecule has 0 aliphatic heterocycles. The highest BCUT2D eigenvalue weighted by atomic mass is 19.1. The largest absolute Gasteiger partial charge is 0.490 e. The first-order chi connectivity index (χ1) is 9.19. The molecule has 0 aliphatic rings. The number of nitrogens with two attached hydrogens (primary N) is 1. The van der Waals surface area contributed by atoms with E-state index in [9.17, 15) is 9.50 Å². The minimum absolute atomic E-state index is 0.0581. The molecule has 0 heterocycles. The van der Waals surface area contributed by atoms with Gasteiger partial charge in [-0.15, -0.1) is 0 Å². The lowest BCUT2D eigenvalue weighted by Crippen LogP contribution is -2.24. The molecule has 1 aromatic rings. The summed E-state index contributed by atoms with van der Waals surface area (Å²) in [6.45, 7) is 3.03. The molecule has 0 spiro atoms. The molecule has 0 aromatic heterocycles. The standard InChI is InChI=1S/C14H22FNO3/c1-2-3-7-18-9-11(17)10-19-14-6-4-5-13(15)12(14)8-16/h4-6,11,17H,2-3,7-10,16H2,1H3. The van der Waals surface area contributed by atoms with Gasteiger partial charge < -0.3 is 20.3 Å². The third-order valence-corrected chi connectivity index (χ3v) is 2.66. The van der Waals surface area contributed by atoms with Crippen molar-refractivity contribution in [3.63, 3.8) is 0 Å². The number of aliphatic hydroxyl groups is 1. The summed E-state index contributed by atoms with van der Waals surface area (Å²) in [7, 11) is 0. The highest BCUT2D eigenvalue weighted by Crippen LogP contribution is 2.20. The second-order valence-corrected chi connectivity index (χ2v) is 4.31. The zero-order chi connectivity index (χ0) is 14.1. The van der Waals surface area contributed by atoms with Gasteiger partial charge in [0.1, 0.15) is 24.3 Å². The van der Waals surface area contributed by atoms with Gasteiger partial charge in [0.15, 0.2) is 0 Å². The molecule has 0 saturated carbocycles. The molecule has 3 N–H and O–H groups in total. The fourth-order valence-corrected chi connectivity index (χ4v) is 1.57. The molecule has 108 valence electrons. The number of hydrogen-bond donors (Lipinski definition) is 2. The third-order valence-electron chi connectivity index (χ3n) is 2.66. The van der Waals surface area contributed by atoms with Crippen LogP contribution in [0, 0.1) is 5.82 Å². The van der Waals surface area contributed by atoms with Crippen molar-refractivity contribution in [1.29, 1.82) is 0 Å². The van der Waals surface area contributed by atoms with Crippen molar-refractivity contribution in [3.05, 3.63) is 29.6 Å². The molecule has 0 aliphatic carbocycles. The van der Waals surface area contributed by atoms with Crippen molar-refractivity contribution in [2.45, 2.75) is 32.4 Å². The lowest BCUT2D eigenvalue weighted by atomic mass is 10.2. The molecular formula is C14H22FNO3. The summed E-state index contributed by atoms with van der Waals surface area (Å²) in [5.74, 6) is -0.0243. The average molecular weight is 271 g/mol. The normalized spacial score (nSPS) is 12.4. The van der Waals surface area contributed by atoms with Gasteiger partial charge in [0.25, 0.3) is 0 Å². The van der Waals surface area contributed by atoms with Crippen molar-refractivity contribution < 1.29 is 19.0 Å². The van der Waals surface area contributed by atoms with E-state index in [1.165, 1.54) is 6.07 Å². The first-order valence-electron chi connectivity index (χ1n) is 6.55. The molecule has 0 amide bonds. The zero-order valence-electron chi connectivity index (χ0n) is 11.3. The van der Waals surface area contributed by atoms with Crippen LogP contribution in [0.4, 0.5) is 4.39 Å². The van der Waals surface area contributed by atoms with Crippen LogP contribution < -0.4 is 10.5 Å². The van der Waals surface area contributed by atoms with Crippen LogP contribution in [0.5, 0.6) is 5.75 Å². The van der Waals surface area contributed by atoms with Crippen molar-refractivity contribution >= 4 is 0 Å². The SMILES string of the molecule is CCCCOCC(O)COc1cccc(F)c1CN. The average Bonchev–Trinajstić information content (AvgIpc) is 2.41. The molecule has 4 nitrogen and oxygen atoms in total. The summed E-state index contributed by atoms with van der Waals surface area (Å²) in [5.41, 5.74) is 5.79. The fourth-order valence-electron chi connectivity index (χ4n) is 1.57. The third kappa shape index (κ3) is 5.55. The monoisotopic (exact) mass is 271 g/mol. The van der Waals surface area contributed by atoms with Gasteiger partial charge in [0.2, 0.25) is 0 Å². The Balaban J connectivity index is 2.37. The van der Waals surface area contributed by atoms with Gasteiger partial charge in [-0.3, -0.25) is 0 Å². The second kappa shape index (κ2) is 8.85. The number of aliphatic hydroxyl groups excluding tert-OH is 1. The molecule has 1 atom stereocenters. The zero-order valence-corrected chi connectivity index (χ0v) is 11.3. The molecule has 1 rings (SSSR count). The van der Waals surface area contributed by atoms with E-state index in [4.69, 9.17) is 15.2 Å². The van der Waals surface area contributed by atoms with Gasteiger partial charge in [-0.25, -0.2) is 4.39 Å². The van der Waals surface area contributed by atoms with Crippen molar-refractivity contribution in [3.8, 4) is 5.75 Å². The van der Waals surface area contributed by atoms with Crippen molar-refractivity contribution in [1.82, 2.24) is 0 Å². The Morgan fingerprint density at radius 3 is 2.84 bits per heavy atom. The molecule has 0 radical (unpaired) electrons. The number of benzene rings is 1. The van der Waals surface area contributed by atoms with E-state index in [-0.39, 0.29) is 19.8 Å². The van der Waals surface area contributed by atoms with Crippen molar-refractivity contribution in [2.24, 2.45) is 5.73 Å². The first kappa shape index (κ1) is 15.9. The van der Waals surface area contributed by atoms with E-state index < -0.39 is 11.9 Å². The highest BCUT2D eigenvalue weighted by Gasteiger charge is 2.10. The molecule has 0 saturated heterocycles. The van der Waals surface area contributed by atoms with Gasteiger partial charge in [0, 0.05) is 18.7 Å². The quantitative estimate of drug-likeness (QED) is 0.673. The molecule has 0 bridgehead atoms. The predicted octanol–water partition coefficient (Wildman–Crippen LogP) is 1.84. The Labute approximate surface area is 113 Å². The Morgan fingerprint density at radius 2 is 2.16 bits per heavy atom. The number of hydrogen-bond acceptors (Lipinski definition) is 4. The lowest BCUT2D eigenvalue weighted by molar-refractivity contribution is 0.0111. The maximum absolute atomic E-state index is 13.4. The van der Waals surface area contributed by atoms with E-state index >= 15 is 0 Å². The summed E-state index contributed by atoms with van der Waals surface area (Å²) in [6.07, 6.45) is 1.29. The van der Waals surface area contributed by atoms with Gasteiger partial charge in [0.05, 0.1) is 6.61 Å². The van der Waals surface area contributed by atoms with E-state index in [1.54, 1.807) is 12.1 Å². The molecule has 1 aromatic carbocycles. The Hall–Kier alpha value is -1.17. The predicted molar refractivity (Wildman–Crippen MR) is 71.5 cm³/mol. The number of halogens is 1. The van der Waals surface area contributed by atoms with Crippen LogP contribution in [0.25, 0.3) is 0 Å². The van der Waals surface area contributed by atoms with E-state index in [2.05, 4.69) is 6.92 Å². The Bertz CT molecular complexity index is 374. The van der Waals surface area contributed by atoms with Crippen LogP contribution in [0.15, 0.2) is 18.2 Å².